The van der Waals surface area contributed by atoms with Crippen molar-refractivity contribution in [1.82, 2.24) is 20.1 Å². The number of rotatable bonds is 8. The van der Waals surface area contributed by atoms with Crippen LogP contribution in [-0.2, 0) is 13.6 Å². The number of aryl methyl sites for hydroxylation is 1. The minimum Gasteiger partial charge on any atom is -0.481 e. The summed E-state index contributed by atoms with van der Waals surface area (Å²) in [7, 11) is 2.90. The lowest BCUT2D eigenvalue weighted by molar-refractivity contribution is 0.0901. The minimum atomic E-state index is -0.875. The number of nitrogens with one attached hydrogen (secondary N) is 2. The number of aliphatic hydroxyl groups is 1. The summed E-state index contributed by atoms with van der Waals surface area (Å²) in [5, 5.41) is 20.0. The smallest absolute Gasteiger partial charge is 0.280 e. The molecule has 0 aliphatic heterocycles. The molecule has 5 rings (SSSR count). The van der Waals surface area contributed by atoms with Gasteiger partial charge in [-0.25, -0.2) is 14.1 Å². The summed E-state index contributed by atoms with van der Waals surface area (Å²) < 4.78 is 21.4. The van der Waals surface area contributed by atoms with Crippen LogP contribution in [0.2, 0.25) is 15.1 Å². The molecule has 0 spiro atoms. The topological polar surface area (TPSA) is 118 Å². The van der Waals surface area contributed by atoms with Crippen molar-refractivity contribution in [2.75, 3.05) is 12.4 Å². The van der Waals surface area contributed by atoms with E-state index < -0.39 is 17.3 Å². The molecule has 2 aromatic heterocycles. The molecule has 0 radical (unpaired) electrons. The third kappa shape index (κ3) is 6.60. The summed E-state index contributed by atoms with van der Waals surface area (Å²) in [5.74, 6) is -1.17. The monoisotopic (exact) mass is 659 g/mol. The molecule has 9 nitrogen and oxygen atoms in total. The number of carbonyl (C=O) groups is 1. The molecule has 2 atom stereocenters. The van der Waals surface area contributed by atoms with Crippen LogP contribution < -0.4 is 20.9 Å². The van der Waals surface area contributed by atoms with Crippen molar-refractivity contribution in [3.05, 3.63) is 91.0 Å². The summed E-state index contributed by atoms with van der Waals surface area (Å²) in [6.45, 7) is 0.468. The lowest BCUT2D eigenvalue weighted by Gasteiger charge is -2.28. The van der Waals surface area contributed by atoms with E-state index in [0.29, 0.717) is 29.2 Å². The van der Waals surface area contributed by atoms with Gasteiger partial charge < -0.3 is 20.5 Å². The van der Waals surface area contributed by atoms with Gasteiger partial charge in [-0.15, -0.1) is 0 Å². The zero-order valence-corrected chi connectivity index (χ0v) is 26.1. The first-order valence-corrected chi connectivity index (χ1v) is 15.0. The van der Waals surface area contributed by atoms with Gasteiger partial charge in [-0.2, -0.15) is 5.10 Å². The van der Waals surface area contributed by atoms with Crippen LogP contribution in [0.1, 0.15) is 41.6 Å². The second kappa shape index (κ2) is 13.6. The Hall–Kier alpha value is -3.54. The van der Waals surface area contributed by atoms with Crippen LogP contribution >= 0.6 is 34.8 Å². The molecular weight excluding hydrogens is 632 g/mol. The van der Waals surface area contributed by atoms with Crippen LogP contribution in [0.5, 0.6) is 5.88 Å². The third-order valence-corrected chi connectivity index (χ3v) is 8.69. The van der Waals surface area contributed by atoms with E-state index >= 15 is 0 Å². The van der Waals surface area contributed by atoms with Crippen molar-refractivity contribution >= 4 is 46.4 Å². The van der Waals surface area contributed by atoms with Gasteiger partial charge in [0.05, 0.1) is 45.9 Å². The number of benzene rings is 2. The summed E-state index contributed by atoms with van der Waals surface area (Å²) in [5.41, 5.74) is 1.31. The van der Waals surface area contributed by atoms with E-state index in [9.17, 15) is 19.1 Å². The molecule has 1 aliphatic carbocycles. The molecule has 230 valence electrons. The van der Waals surface area contributed by atoms with Crippen LogP contribution in [0.3, 0.4) is 0 Å². The number of hydrogen-bond donors (Lipinski definition) is 3. The maximum atomic E-state index is 14.9. The third-order valence-electron chi connectivity index (χ3n) is 7.59. The normalized spacial score (nSPS) is 16.5. The number of nitrogens with zero attached hydrogens (tertiary/aromatic N) is 3. The van der Waals surface area contributed by atoms with E-state index in [-0.39, 0.29) is 44.0 Å². The number of methoxy groups -OCH3 is 1. The molecular formula is C31H29Cl3FN5O4. The number of aliphatic hydroxyl groups excluding tert-OH is 1. The predicted molar refractivity (Wildman–Crippen MR) is 169 cm³/mol. The van der Waals surface area contributed by atoms with Gasteiger partial charge in [0.2, 0.25) is 5.88 Å². The highest BCUT2D eigenvalue weighted by molar-refractivity contribution is 6.40. The number of carbonyl (C=O) groups excluding carboxylic acids is 1. The number of ether oxygens (including phenoxy) is 1. The Balaban J connectivity index is 1.45. The van der Waals surface area contributed by atoms with Crippen LogP contribution in [0.4, 0.5) is 10.1 Å². The van der Waals surface area contributed by atoms with Crippen molar-refractivity contribution in [2.24, 2.45) is 7.05 Å². The second-order valence-corrected chi connectivity index (χ2v) is 11.6. The fraction of sp³-hybridized carbons (Fsp3) is 0.290. The van der Waals surface area contributed by atoms with E-state index in [1.54, 1.807) is 24.3 Å². The zero-order valence-electron chi connectivity index (χ0n) is 23.8. The fourth-order valence-electron chi connectivity index (χ4n) is 5.24. The number of hydrogen-bond acceptors (Lipinski definition) is 7. The molecule has 1 fully saturated rings. The average molecular weight is 661 g/mol. The van der Waals surface area contributed by atoms with Gasteiger partial charge in [0.1, 0.15) is 11.4 Å². The standard InChI is InChI=1S/C31H29Cl3FN5O4/c1-40-31(43)26(21(32)15-37-40)29(42)38-24-13-17(35)12-20(28(24)34)18-6-5-7-19(27(18)33)22-11-10-16(30(39-22)44-2)14-36-23-8-3-4-9-25(23)41/h5-7,10-13,15,23,25,36,41H,3-4,8-9,14H2,1-2H3,(H,38,42). The summed E-state index contributed by atoms with van der Waals surface area (Å²) in [6.07, 6.45) is 4.56. The van der Waals surface area contributed by atoms with Gasteiger partial charge in [0.15, 0.2) is 0 Å². The van der Waals surface area contributed by atoms with Crippen LogP contribution in [-0.4, -0.2) is 45.0 Å². The Kier molecular flexibility index (Phi) is 9.87. The Morgan fingerprint density at radius 3 is 2.59 bits per heavy atom. The highest BCUT2D eigenvalue weighted by Crippen LogP contribution is 2.42. The van der Waals surface area contributed by atoms with Crippen LogP contribution in [0, 0.1) is 5.82 Å². The minimum absolute atomic E-state index is 0.00216. The average Bonchev–Trinajstić information content (AvgIpc) is 3.00. The quantitative estimate of drug-likeness (QED) is 0.204. The van der Waals surface area contributed by atoms with Crippen molar-refractivity contribution in [1.29, 1.82) is 0 Å². The number of halogens is 4. The molecule has 4 aromatic rings. The van der Waals surface area contributed by atoms with E-state index in [1.807, 2.05) is 6.07 Å². The molecule has 1 aliphatic rings. The molecule has 2 aromatic carbocycles. The van der Waals surface area contributed by atoms with Crippen molar-refractivity contribution in [3.63, 3.8) is 0 Å². The van der Waals surface area contributed by atoms with Crippen molar-refractivity contribution in [3.8, 4) is 28.3 Å². The maximum absolute atomic E-state index is 14.9. The number of pyridine rings is 1. The van der Waals surface area contributed by atoms with Gasteiger partial charge >= 0.3 is 0 Å². The van der Waals surface area contributed by atoms with Gasteiger partial charge in [-0.05, 0) is 31.0 Å². The lowest BCUT2D eigenvalue weighted by atomic mass is 9.92. The van der Waals surface area contributed by atoms with E-state index in [0.717, 1.165) is 48.2 Å². The predicted octanol–water partition coefficient (Wildman–Crippen LogP) is 6.26. The van der Waals surface area contributed by atoms with Crippen molar-refractivity contribution in [2.45, 2.75) is 44.4 Å². The van der Waals surface area contributed by atoms with Crippen LogP contribution in [0.15, 0.2) is 53.5 Å². The molecule has 3 N–H and O–H groups in total. The SMILES string of the molecule is COc1nc(-c2cccc(-c3cc(F)cc(NC(=O)c4c(Cl)cnn(C)c4=O)c3Cl)c2Cl)ccc1CNC1CCCCC1O. The second-order valence-electron chi connectivity index (χ2n) is 10.4. The maximum Gasteiger partial charge on any atom is 0.280 e. The lowest BCUT2D eigenvalue weighted by Crippen LogP contribution is -2.41. The van der Waals surface area contributed by atoms with E-state index in [4.69, 9.17) is 39.5 Å². The summed E-state index contributed by atoms with van der Waals surface area (Å²) in [4.78, 5) is 30.1. The molecule has 2 unspecified atom stereocenters. The number of aromatic nitrogens is 3. The highest BCUT2D eigenvalue weighted by Gasteiger charge is 2.24. The Morgan fingerprint density at radius 1 is 1.09 bits per heavy atom. The Bertz CT molecular complexity index is 1780. The fourth-order valence-corrected chi connectivity index (χ4v) is 6.04. The molecule has 0 bridgehead atoms. The van der Waals surface area contributed by atoms with Gasteiger partial charge in [0.25, 0.3) is 11.5 Å². The highest BCUT2D eigenvalue weighted by atomic mass is 35.5. The van der Waals surface area contributed by atoms with Crippen LogP contribution in [0.25, 0.3) is 22.4 Å². The Morgan fingerprint density at radius 2 is 1.84 bits per heavy atom. The van der Waals surface area contributed by atoms with Gasteiger partial charge in [0, 0.05) is 41.9 Å². The zero-order chi connectivity index (χ0) is 31.5. The van der Waals surface area contributed by atoms with Gasteiger partial charge in [-0.1, -0.05) is 71.9 Å². The molecule has 2 heterocycles. The molecule has 44 heavy (non-hydrogen) atoms. The molecule has 0 saturated heterocycles. The van der Waals surface area contributed by atoms with Crippen molar-refractivity contribution < 1.29 is 19.0 Å². The first-order chi connectivity index (χ1) is 21.1. The first-order valence-electron chi connectivity index (χ1n) is 13.9. The number of anilines is 1. The largest absolute Gasteiger partial charge is 0.481 e. The molecule has 1 saturated carbocycles. The first kappa shape index (κ1) is 31.9. The summed E-state index contributed by atoms with van der Waals surface area (Å²) >= 11 is 19.6. The number of amides is 1. The molecule has 13 heteroatoms. The molecule has 1 amide bonds. The van der Waals surface area contributed by atoms with E-state index in [1.165, 1.54) is 20.2 Å². The summed E-state index contributed by atoms with van der Waals surface area (Å²) in [6, 6.07) is 11.1. The van der Waals surface area contributed by atoms with Gasteiger partial charge in [-0.3, -0.25) is 9.59 Å². The van der Waals surface area contributed by atoms with E-state index in [2.05, 4.69) is 20.7 Å². The Labute approximate surface area is 267 Å².